The molecule has 2 aliphatic rings. The monoisotopic (exact) mass is 333 g/mol. The summed E-state index contributed by atoms with van der Waals surface area (Å²) in [5, 5.41) is 3.38. The van der Waals surface area contributed by atoms with E-state index >= 15 is 0 Å². The number of hydrogen-bond acceptors (Lipinski definition) is 5. The Morgan fingerprint density at radius 3 is 2.75 bits per heavy atom. The molecule has 0 N–H and O–H groups in total. The molecule has 0 spiro atoms. The highest BCUT2D eigenvalue weighted by atomic mass is 19.1. The van der Waals surface area contributed by atoms with E-state index in [2.05, 4.69) is 10.0 Å². The van der Waals surface area contributed by atoms with E-state index in [0.29, 0.717) is 37.3 Å². The topological polar surface area (TPSA) is 98.6 Å². The number of halogens is 1. The van der Waals surface area contributed by atoms with Crippen LogP contribution < -0.4 is 9.80 Å². The zero-order valence-electron chi connectivity index (χ0n) is 12.9. The molecule has 3 rings (SSSR count). The predicted octanol–water partition coefficient (Wildman–Crippen LogP) is 2.63. The summed E-state index contributed by atoms with van der Waals surface area (Å²) in [4.78, 5) is 28.9. The molecule has 9 heteroatoms. The average molecular weight is 333 g/mol. The molecule has 1 aromatic carbocycles. The van der Waals surface area contributed by atoms with Gasteiger partial charge in [-0.2, -0.15) is 0 Å². The Kier molecular flexibility index (Phi) is 4.52. The molecule has 8 nitrogen and oxygen atoms in total. The Bertz CT molecular complexity index is 709. The van der Waals surface area contributed by atoms with Gasteiger partial charge in [0.25, 0.3) is 0 Å². The summed E-state index contributed by atoms with van der Waals surface area (Å²) in [5.41, 5.74) is 9.12. The molecule has 0 radical (unpaired) electrons. The largest absolute Gasteiger partial charge is 0.444 e. The van der Waals surface area contributed by atoms with Gasteiger partial charge in [0, 0.05) is 30.8 Å². The van der Waals surface area contributed by atoms with Crippen LogP contribution in [-0.2, 0) is 9.53 Å². The molecule has 2 fully saturated rings. The highest BCUT2D eigenvalue weighted by Crippen LogP contribution is 2.29. The van der Waals surface area contributed by atoms with Gasteiger partial charge in [0.2, 0.25) is 0 Å². The molecule has 0 saturated carbocycles. The van der Waals surface area contributed by atoms with E-state index in [9.17, 15) is 14.0 Å². The van der Waals surface area contributed by atoms with Crippen LogP contribution >= 0.6 is 0 Å². The third-order valence-electron chi connectivity index (χ3n) is 4.13. The number of hydrogen-bond donors (Lipinski definition) is 0. The maximum Gasteiger partial charge on any atom is 0.414 e. The third-order valence-corrected chi connectivity index (χ3v) is 4.13. The standard InChI is InChI=1S/C15H16FN5O3/c16-13-7-10(21-9-12(8-18-19-17)24-15(21)23)1-2-14(13)20-5-3-11(22)4-6-20/h1-2,7,12H,3-6,8-9H2/t12-/m0/s1. The Hall–Kier alpha value is -2.80. The van der Waals surface area contributed by atoms with E-state index in [-0.39, 0.29) is 18.9 Å². The van der Waals surface area contributed by atoms with Gasteiger partial charge in [0.05, 0.1) is 24.5 Å². The van der Waals surface area contributed by atoms with Gasteiger partial charge < -0.3 is 9.64 Å². The van der Waals surface area contributed by atoms with Crippen LogP contribution in [0.4, 0.5) is 20.6 Å². The summed E-state index contributed by atoms with van der Waals surface area (Å²) in [5.74, 6) is -0.262. The van der Waals surface area contributed by atoms with E-state index in [1.54, 1.807) is 12.1 Å². The fraction of sp³-hybridized carbons (Fsp3) is 0.467. The number of ether oxygens (including phenoxy) is 1. The molecule has 1 aromatic rings. The predicted molar refractivity (Wildman–Crippen MR) is 84.5 cm³/mol. The summed E-state index contributed by atoms with van der Waals surface area (Å²) in [6, 6.07) is 4.53. The summed E-state index contributed by atoms with van der Waals surface area (Å²) in [7, 11) is 0. The Morgan fingerprint density at radius 1 is 1.33 bits per heavy atom. The van der Waals surface area contributed by atoms with Gasteiger partial charge in [-0.25, -0.2) is 9.18 Å². The number of piperidine rings is 1. The van der Waals surface area contributed by atoms with Gasteiger partial charge >= 0.3 is 6.09 Å². The lowest BCUT2D eigenvalue weighted by molar-refractivity contribution is -0.119. The van der Waals surface area contributed by atoms with Gasteiger partial charge in [-0.1, -0.05) is 5.11 Å². The van der Waals surface area contributed by atoms with Crippen molar-refractivity contribution in [1.29, 1.82) is 0 Å². The first-order valence-corrected chi connectivity index (χ1v) is 7.63. The van der Waals surface area contributed by atoms with Crippen molar-refractivity contribution in [2.75, 3.05) is 36.0 Å². The number of amides is 1. The van der Waals surface area contributed by atoms with Crippen molar-refractivity contribution >= 4 is 23.3 Å². The Labute approximate surface area is 137 Å². The second-order valence-corrected chi connectivity index (χ2v) is 5.69. The quantitative estimate of drug-likeness (QED) is 0.480. The fourth-order valence-corrected chi connectivity index (χ4v) is 2.87. The van der Waals surface area contributed by atoms with Crippen molar-refractivity contribution in [1.82, 2.24) is 0 Å². The second kappa shape index (κ2) is 6.76. The molecule has 0 bridgehead atoms. The number of carbonyl (C=O) groups excluding carboxylic acids is 2. The first kappa shape index (κ1) is 16.1. The molecule has 0 aliphatic carbocycles. The van der Waals surface area contributed by atoms with Gasteiger partial charge in [-0.3, -0.25) is 9.69 Å². The van der Waals surface area contributed by atoms with E-state index in [0.717, 1.165) is 0 Å². The fourth-order valence-electron chi connectivity index (χ4n) is 2.87. The van der Waals surface area contributed by atoms with Crippen LogP contribution in [0, 0.1) is 5.82 Å². The molecular formula is C15H16FN5O3. The van der Waals surface area contributed by atoms with Crippen molar-refractivity contribution in [3.05, 3.63) is 34.5 Å². The number of cyclic esters (lactones) is 1. The smallest absolute Gasteiger partial charge is 0.414 e. The SMILES string of the molecule is [N-]=[N+]=NC[C@H]1CN(c2ccc(N3CCC(=O)CC3)c(F)c2)C(=O)O1. The first-order chi connectivity index (χ1) is 11.6. The maximum atomic E-state index is 14.4. The normalized spacial score (nSPS) is 20.8. The number of ketones is 1. The van der Waals surface area contributed by atoms with Crippen LogP contribution in [0.5, 0.6) is 0 Å². The van der Waals surface area contributed by atoms with Crippen molar-refractivity contribution in [2.24, 2.45) is 5.11 Å². The molecule has 24 heavy (non-hydrogen) atoms. The molecule has 1 atom stereocenters. The van der Waals surface area contributed by atoms with E-state index < -0.39 is 18.0 Å². The number of carbonyl (C=O) groups is 2. The van der Waals surface area contributed by atoms with E-state index in [1.165, 1.54) is 11.0 Å². The summed E-state index contributed by atoms with van der Waals surface area (Å²) < 4.78 is 19.5. The molecule has 2 aliphatic heterocycles. The Balaban J connectivity index is 1.74. The molecule has 2 heterocycles. The lowest BCUT2D eigenvalue weighted by atomic mass is 10.1. The van der Waals surface area contributed by atoms with Gasteiger partial charge in [-0.05, 0) is 23.7 Å². The van der Waals surface area contributed by atoms with Crippen LogP contribution in [-0.4, -0.2) is 44.2 Å². The van der Waals surface area contributed by atoms with Crippen molar-refractivity contribution in [3.63, 3.8) is 0 Å². The van der Waals surface area contributed by atoms with Crippen molar-refractivity contribution in [3.8, 4) is 0 Å². The van der Waals surface area contributed by atoms with Crippen LogP contribution in [0.25, 0.3) is 10.4 Å². The number of anilines is 2. The minimum Gasteiger partial charge on any atom is -0.444 e. The van der Waals surface area contributed by atoms with Crippen LogP contribution in [0.1, 0.15) is 12.8 Å². The van der Waals surface area contributed by atoms with Crippen molar-refractivity contribution < 1.29 is 18.7 Å². The van der Waals surface area contributed by atoms with Crippen molar-refractivity contribution in [2.45, 2.75) is 18.9 Å². The molecule has 2 saturated heterocycles. The highest BCUT2D eigenvalue weighted by molar-refractivity contribution is 5.90. The zero-order valence-corrected chi connectivity index (χ0v) is 12.9. The number of nitrogens with zero attached hydrogens (tertiary/aromatic N) is 5. The van der Waals surface area contributed by atoms with E-state index in [1.807, 2.05) is 4.90 Å². The summed E-state index contributed by atoms with van der Waals surface area (Å²) in [6.07, 6.45) is -0.297. The summed E-state index contributed by atoms with van der Waals surface area (Å²) >= 11 is 0. The average Bonchev–Trinajstić information content (AvgIpc) is 2.95. The van der Waals surface area contributed by atoms with Gasteiger partial charge in [0.1, 0.15) is 17.7 Å². The van der Waals surface area contributed by atoms with Crippen LogP contribution in [0.2, 0.25) is 0 Å². The lowest BCUT2D eigenvalue weighted by Gasteiger charge is -2.28. The van der Waals surface area contributed by atoms with E-state index in [4.69, 9.17) is 10.3 Å². The molecule has 1 amide bonds. The van der Waals surface area contributed by atoms with Crippen LogP contribution in [0.15, 0.2) is 23.3 Å². The number of azide groups is 1. The second-order valence-electron chi connectivity index (χ2n) is 5.69. The number of rotatable bonds is 4. The minimum atomic E-state index is -0.594. The number of benzene rings is 1. The zero-order chi connectivity index (χ0) is 17.1. The first-order valence-electron chi connectivity index (χ1n) is 7.63. The molecule has 0 aromatic heterocycles. The number of Topliss-reactive ketones (excluding diaryl/α,β-unsaturated/α-hetero) is 1. The van der Waals surface area contributed by atoms with Gasteiger partial charge in [-0.15, -0.1) is 0 Å². The highest BCUT2D eigenvalue weighted by Gasteiger charge is 2.32. The molecular weight excluding hydrogens is 317 g/mol. The van der Waals surface area contributed by atoms with Crippen LogP contribution in [0.3, 0.4) is 0 Å². The van der Waals surface area contributed by atoms with Gasteiger partial charge in [0.15, 0.2) is 0 Å². The molecule has 126 valence electrons. The lowest BCUT2D eigenvalue weighted by Crippen LogP contribution is -2.34. The molecule has 0 unspecified atom stereocenters. The maximum absolute atomic E-state index is 14.4. The summed E-state index contributed by atoms with van der Waals surface area (Å²) in [6.45, 7) is 1.24. The Morgan fingerprint density at radius 2 is 2.08 bits per heavy atom. The minimum absolute atomic E-state index is 0.0428. The third kappa shape index (κ3) is 3.26.